The zero-order valence-electron chi connectivity index (χ0n) is 20.1. The lowest BCUT2D eigenvalue weighted by Crippen LogP contribution is -2.40. The number of carbonyl (C=O) groups is 2. The molecule has 0 saturated heterocycles. The van der Waals surface area contributed by atoms with Crippen LogP contribution >= 0.6 is 12.3 Å². The number of aliphatic carboxylic acids is 1. The van der Waals surface area contributed by atoms with Crippen LogP contribution in [0.1, 0.15) is 55.2 Å². The van der Waals surface area contributed by atoms with Crippen molar-refractivity contribution in [3.05, 3.63) is 47.4 Å². The number of alkyl halides is 2. The molecule has 2 aromatic heterocycles. The van der Waals surface area contributed by atoms with E-state index in [1.54, 1.807) is 20.8 Å². The number of halogens is 3. The molecule has 0 spiro atoms. The summed E-state index contributed by atoms with van der Waals surface area (Å²) in [4.78, 5) is 32.2. The first-order valence-electron chi connectivity index (χ1n) is 11.0. The monoisotopic (exact) mass is 538 g/mol. The lowest BCUT2D eigenvalue weighted by molar-refractivity contribution is -0.137. The highest BCUT2D eigenvalue weighted by atomic mass is 32.2. The SMILES string of the molecule is CC(C)(C)NC(=O)c1cn(SF)c2ncc(C(=N)c3cc(OC(F)F)ccc3NCCCC(=O)O)nc12. The molecule has 1 amide bonds. The molecular formula is C23H25F3N6O4S. The maximum atomic E-state index is 13.5. The van der Waals surface area contributed by atoms with Crippen LogP contribution in [0.15, 0.2) is 30.6 Å². The fourth-order valence-corrected chi connectivity index (χ4v) is 3.72. The second kappa shape index (κ2) is 11.5. The third-order valence-corrected chi connectivity index (χ3v) is 5.32. The third kappa shape index (κ3) is 7.12. The summed E-state index contributed by atoms with van der Waals surface area (Å²) in [7, 11) is 0. The van der Waals surface area contributed by atoms with Gasteiger partial charge in [0, 0.05) is 36.0 Å². The highest BCUT2D eigenvalue weighted by molar-refractivity contribution is 7.92. The fraction of sp³-hybridized carbons (Fsp3) is 0.348. The number of anilines is 1. The normalized spacial score (nSPS) is 11.5. The third-order valence-electron chi connectivity index (χ3n) is 4.90. The van der Waals surface area contributed by atoms with Gasteiger partial charge in [-0.1, -0.05) is 0 Å². The van der Waals surface area contributed by atoms with Gasteiger partial charge in [-0.2, -0.15) is 8.78 Å². The quantitative estimate of drug-likeness (QED) is 0.204. The molecule has 2 heterocycles. The number of aromatic nitrogens is 3. The zero-order valence-corrected chi connectivity index (χ0v) is 21.0. The minimum atomic E-state index is -3.09. The number of hydrogen-bond donors (Lipinski definition) is 4. The van der Waals surface area contributed by atoms with Crippen LogP contribution in [0.4, 0.5) is 18.4 Å². The van der Waals surface area contributed by atoms with E-state index in [1.165, 1.54) is 30.6 Å². The van der Waals surface area contributed by atoms with Crippen molar-refractivity contribution < 1.29 is 32.1 Å². The minimum absolute atomic E-state index is 0.0123. The molecule has 14 heteroatoms. The standard InChI is InChI=1S/C23H25F3N6O4S/c1-23(2,3)31-21(35)14-11-32(37-26)20-19(14)30-16(10-29-20)18(27)13-9-12(36-22(24)25)6-7-15(13)28-8-4-5-17(33)34/h6-7,9-11,22,27-28H,4-5,8H2,1-3H3,(H,31,35)(H,33,34). The molecule has 0 aliphatic heterocycles. The summed E-state index contributed by atoms with van der Waals surface area (Å²) in [6.45, 7) is 2.48. The molecule has 3 aromatic rings. The molecule has 0 bridgehead atoms. The molecule has 37 heavy (non-hydrogen) atoms. The number of amides is 1. The number of carboxylic acid groups (broad SMARTS) is 1. The molecule has 0 aliphatic rings. The van der Waals surface area contributed by atoms with E-state index in [2.05, 4.69) is 25.3 Å². The largest absolute Gasteiger partial charge is 0.481 e. The van der Waals surface area contributed by atoms with Crippen LogP contribution < -0.4 is 15.4 Å². The average Bonchev–Trinajstić information content (AvgIpc) is 3.18. The van der Waals surface area contributed by atoms with Gasteiger partial charge < -0.3 is 20.5 Å². The number of rotatable bonds is 11. The Morgan fingerprint density at radius 2 is 2.00 bits per heavy atom. The number of nitrogens with one attached hydrogen (secondary N) is 3. The number of hydrogen-bond acceptors (Lipinski definition) is 8. The maximum Gasteiger partial charge on any atom is 0.387 e. The summed E-state index contributed by atoms with van der Waals surface area (Å²) in [5.74, 6) is -1.69. The summed E-state index contributed by atoms with van der Waals surface area (Å²) in [6, 6.07) is 3.92. The molecule has 4 N–H and O–H groups in total. The lowest BCUT2D eigenvalue weighted by atomic mass is 10.0. The van der Waals surface area contributed by atoms with E-state index in [4.69, 9.17) is 10.5 Å². The van der Waals surface area contributed by atoms with E-state index < -0.39 is 24.0 Å². The van der Waals surface area contributed by atoms with E-state index in [9.17, 15) is 22.3 Å². The highest BCUT2D eigenvalue weighted by Gasteiger charge is 2.24. The van der Waals surface area contributed by atoms with Crippen molar-refractivity contribution in [2.24, 2.45) is 0 Å². The Bertz CT molecular complexity index is 1330. The van der Waals surface area contributed by atoms with Crippen molar-refractivity contribution >= 4 is 46.8 Å². The molecule has 198 valence electrons. The van der Waals surface area contributed by atoms with Gasteiger partial charge in [0.25, 0.3) is 5.91 Å². The zero-order chi connectivity index (χ0) is 27.3. The van der Waals surface area contributed by atoms with Crippen molar-refractivity contribution in [3.8, 4) is 5.75 Å². The first kappa shape index (κ1) is 27.8. The van der Waals surface area contributed by atoms with Crippen molar-refractivity contribution in [1.82, 2.24) is 19.3 Å². The number of carboxylic acids is 1. The summed E-state index contributed by atoms with van der Waals surface area (Å²) >= 11 is -0.170. The van der Waals surface area contributed by atoms with Gasteiger partial charge >= 0.3 is 12.6 Å². The highest BCUT2D eigenvalue weighted by Crippen LogP contribution is 2.28. The van der Waals surface area contributed by atoms with Gasteiger partial charge in [0.15, 0.2) is 18.0 Å². The molecule has 0 unspecified atom stereocenters. The van der Waals surface area contributed by atoms with E-state index in [0.717, 1.165) is 3.97 Å². The summed E-state index contributed by atoms with van der Waals surface area (Å²) in [6.07, 6.45) is 2.65. The van der Waals surface area contributed by atoms with Gasteiger partial charge in [0.1, 0.15) is 17.0 Å². The van der Waals surface area contributed by atoms with Crippen LogP contribution in [0.3, 0.4) is 0 Å². The minimum Gasteiger partial charge on any atom is -0.481 e. The first-order chi connectivity index (χ1) is 17.4. The Morgan fingerprint density at radius 3 is 2.62 bits per heavy atom. The van der Waals surface area contributed by atoms with Crippen LogP contribution in [-0.2, 0) is 4.79 Å². The Labute approximate surface area is 214 Å². The number of ether oxygens (including phenoxy) is 1. The average molecular weight is 539 g/mol. The summed E-state index contributed by atoms with van der Waals surface area (Å²) in [5.41, 5.74) is -0.213. The van der Waals surface area contributed by atoms with Crippen LogP contribution in [0.2, 0.25) is 0 Å². The van der Waals surface area contributed by atoms with Crippen LogP contribution in [0.25, 0.3) is 11.2 Å². The van der Waals surface area contributed by atoms with Gasteiger partial charge in [-0.3, -0.25) is 15.0 Å². The molecular weight excluding hydrogens is 513 g/mol. The molecule has 0 saturated carbocycles. The van der Waals surface area contributed by atoms with E-state index in [0.29, 0.717) is 5.69 Å². The van der Waals surface area contributed by atoms with Crippen molar-refractivity contribution in [2.45, 2.75) is 45.8 Å². The van der Waals surface area contributed by atoms with Gasteiger partial charge in [0.05, 0.1) is 17.5 Å². The molecule has 1 aromatic carbocycles. The first-order valence-corrected chi connectivity index (χ1v) is 11.7. The molecule has 3 rings (SSSR count). The second-order valence-corrected chi connectivity index (χ2v) is 9.49. The second-order valence-electron chi connectivity index (χ2n) is 8.95. The Kier molecular flexibility index (Phi) is 8.63. The number of benzene rings is 1. The molecule has 0 fully saturated rings. The number of nitrogens with zero attached hydrogens (tertiary/aromatic N) is 3. The maximum absolute atomic E-state index is 13.5. The summed E-state index contributed by atoms with van der Waals surface area (Å²) < 4.78 is 44.6. The topological polar surface area (TPSA) is 142 Å². The van der Waals surface area contributed by atoms with Crippen molar-refractivity contribution in [2.75, 3.05) is 11.9 Å². The van der Waals surface area contributed by atoms with Gasteiger partial charge in [-0.25, -0.2) is 13.9 Å². The Hall–Kier alpha value is -3.81. The van der Waals surface area contributed by atoms with Gasteiger partial charge in [-0.15, -0.1) is 3.89 Å². The van der Waals surface area contributed by atoms with Crippen LogP contribution in [0, 0.1) is 5.41 Å². The van der Waals surface area contributed by atoms with E-state index in [-0.39, 0.29) is 71.2 Å². The molecule has 0 radical (unpaired) electrons. The van der Waals surface area contributed by atoms with E-state index >= 15 is 0 Å². The van der Waals surface area contributed by atoms with Crippen molar-refractivity contribution in [3.63, 3.8) is 0 Å². The summed E-state index contributed by atoms with van der Waals surface area (Å²) in [5, 5.41) is 23.3. The van der Waals surface area contributed by atoms with E-state index in [1.807, 2.05) is 0 Å². The van der Waals surface area contributed by atoms with Gasteiger partial charge in [-0.05, 0) is 45.4 Å². The fourth-order valence-electron chi connectivity index (χ4n) is 3.37. The predicted molar refractivity (Wildman–Crippen MR) is 133 cm³/mol. The molecule has 10 nitrogen and oxygen atoms in total. The van der Waals surface area contributed by atoms with Crippen molar-refractivity contribution in [1.29, 1.82) is 5.41 Å². The van der Waals surface area contributed by atoms with Crippen LogP contribution in [-0.4, -0.2) is 55.3 Å². The predicted octanol–water partition coefficient (Wildman–Crippen LogP) is 4.63. The molecule has 0 atom stereocenters. The number of fused-ring (bicyclic) bond motifs is 1. The molecule has 0 aliphatic carbocycles. The van der Waals surface area contributed by atoms with Gasteiger partial charge in [0.2, 0.25) is 0 Å². The van der Waals surface area contributed by atoms with Crippen LogP contribution in [0.5, 0.6) is 5.75 Å². The Balaban J connectivity index is 2.03. The smallest absolute Gasteiger partial charge is 0.387 e. The Morgan fingerprint density at radius 1 is 1.27 bits per heavy atom. The number of carbonyl (C=O) groups excluding carboxylic acids is 1. The lowest BCUT2D eigenvalue weighted by Gasteiger charge is -2.20.